The third-order valence-corrected chi connectivity index (χ3v) is 2.90. The first kappa shape index (κ1) is 11.2. The van der Waals surface area contributed by atoms with Gasteiger partial charge in [-0.05, 0) is 18.1 Å². The average molecular weight is 257 g/mol. The predicted octanol–water partition coefficient (Wildman–Crippen LogP) is 1.84. The summed E-state index contributed by atoms with van der Waals surface area (Å²) in [5.74, 6) is 0.376. The van der Waals surface area contributed by atoms with Crippen molar-refractivity contribution in [2.45, 2.75) is 6.92 Å². The lowest BCUT2D eigenvalue weighted by Crippen LogP contribution is -2.28. The Morgan fingerprint density at radius 2 is 2.50 bits per heavy atom. The number of halogens is 1. The van der Waals surface area contributed by atoms with E-state index in [1.54, 1.807) is 24.5 Å². The molecule has 1 aromatic rings. The first-order valence-corrected chi connectivity index (χ1v) is 5.60. The fourth-order valence-electron chi connectivity index (χ4n) is 0.921. The standard InChI is InChI=1S/C10H13BrN2O/c1-8(5-11)6-13-10(14)9-3-2-4-12-7-9/h2-4,7-8H,5-6H2,1H3,(H,13,14). The number of hydrogen-bond donors (Lipinski definition) is 1. The minimum Gasteiger partial charge on any atom is -0.352 e. The number of hydrogen-bond acceptors (Lipinski definition) is 2. The molecule has 14 heavy (non-hydrogen) atoms. The van der Waals surface area contributed by atoms with Gasteiger partial charge in [0.25, 0.3) is 5.91 Å². The van der Waals surface area contributed by atoms with Gasteiger partial charge >= 0.3 is 0 Å². The zero-order valence-corrected chi connectivity index (χ0v) is 9.62. The van der Waals surface area contributed by atoms with Crippen LogP contribution >= 0.6 is 15.9 Å². The van der Waals surface area contributed by atoms with E-state index in [1.165, 1.54) is 0 Å². The van der Waals surface area contributed by atoms with Crippen LogP contribution in [0.3, 0.4) is 0 Å². The average Bonchev–Trinajstić information content (AvgIpc) is 2.26. The van der Waals surface area contributed by atoms with E-state index in [4.69, 9.17) is 0 Å². The molecule has 0 aromatic carbocycles. The van der Waals surface area contributed by atoms with E-state index in [1.807, 2.05) is 0 Å². The molecule has 0 saturated carbocycles. The maximum absolute atomic E-state index is 11.5. The highest BCUT2D eigenvalue weighted by Gasteiger charge is 2.06. The summed E-state index contributed by atoms with van der Waals surface area (Å²) < 4.78 is 0. The number of rotatable bonds is 4. The van der Waals surface area contributed by atoms with Crippen molar-refractivity contribution < 1.29 is 4.79 Å². The van der Waals surface area contributed by atoms with Crippen LogP contribution in [0.4, 0.5) is 0 Å². The number of pyridine rings is 1. The third kappa shape index (κ3) is 3.46. The molecule has 0 bridgehead atoms. The molecule has 1 amide bonds. The van der Waals surface area contributed by atoms with E-state index in [-0.39, 0.29) is 5.91 Å². The summed E-state index contributed by atoms with van der Waals surface area (Å²) in [6, 6.07) is 3.50. The van der Waals surface area contributed by atoms with E-state index >= 15 is 0 Å². The lowest BCUT2D eigenvalue weighted by atomic mass is 10.2. The molecule has 76 valence electrons. The highest BCUT2D eigenvalue weighted by molar-refractivity contribution is 9.09. The molecular weight excluding hydrogens is 244 g/mol. The summed E-state index contributed by atoms with van der Waals surface area (Å²) in [4.78, 5) is 15.4. The fourth-order valence-corrected chi connectivity index (χ4v) is 1.15. The number of carbonyl (C=O) groups is 1. The van der Waals surface area contributed by atoms with Crippen LogP contribution in [0, 0.1) is 5.92 Å². The molecule has 0 aliphatic rings. The Balaban J connectivity index is 2.44. The van der Waals surface area contributed by atoms with Crippen LogP contribution in [0.25, 0.3) is 0 Å². The maximum atomic E-state index is 11.5. The minimum absolute atomic E-state index is 0.0640. The molecule has 1 N–H and O–H groups in total. The van der Waals surface area contributed by atoms with Gasteiger partial charge in [-0.25, -0.2) is 0 Å². The van der Waals surface area contributed by atoms with Gasteiger partial charge in [-0.15, -0.1) is 0 Å². The van der Waals surface area contributed by atoms with Gasteiger partial charge in [-0.3, -0.25) is 9.78 Å². The van der Waals surface area contributed by atoms with Crippen LogP contribution in [0.1, 0.15) is 17.3 Å². The van der Waals surface area contributed by atoms with Crippen LogP contribution in [-0.4, -0.2) is 22.8 Å². The van der Waals surface area contributed by atoms with E-state index in [2.05, 4.69) is 33.2 Å². The molecule has 1 aromatic heterocycles. The third-order valence-electron chi connectivity index (χ3n) is 1.80. The Kier molecular flexibility index (Phi) is 4.59. The molecule has 0 aliphatic heterocycles. The molecule has 0 aliphatic carbocycles. The first-order chi connectivity index (χ1) is 6.74. The number of nitrogens with one attached hydrogen (secondary N) is 1. The van der Waals surface area contributed by atoms with Gasteiger partial charge in [0, 0.05) is 24.3 Å². The first-order valence-electron chi connectivity index (χ1n) is 4.48. The summed E-state index contributed by atoms with van der Waals surface area (Å²) in [7, 11) is 0. The van der Waals surface area contributed by atoms with Crippen LogP contribution < -0.4 is 5.32 Å². The SMILES string of the molecule is CC(CBr)CNC(=O)c1cccnc1. The fraction of sp³-hybridized carbons (Fsp3) is 0.400. The molecule has 4 heteroatoms. The van der Waals surface area contributed by atoms with Gasteiger partial charge in [-0.2, -0.15) is 0 Å². The topological polar surface area (TPSA) is 42.0 Å². The van der Waals surface area contributed by atoms with Crippen LogP contribution in [0.5, 0.6) is 0 Å². The number of nitrogens with zero attached hydrogens (tertiary/aromatic N) is 1. The normalized spacial score (nSPS) is 12.1. The Hall–Kier alpha value is -0.900. The predicted molar refractivity (Wildman–Crippen MR) is 59.5 cm³/mol. The van der Waals surface area contributed by atoms with E-state index < -0.39 is 0 Å². The van der Waals surface area contributed by atoms with Gasteiger partial charge in [0.2, 0.25) is 0 Å². The molecule has 1 unspecified atom stereocenters. The van der Waals surface area contributed by atoms with Crippen molar-refractivity contribution >= 4 is 21.8 Å². The molecule has 0 spiro atoms. The molecular formula is C10H13BrN2O. The number of aromatic nitrogens is 1. The minimum atomic E-state index is -0.0640. The monoisotopic (exact) mass is 256 g/mol. The second-order valence-electron chi connectivity index (χ2n) is 3.21. The molecule has 1 rings (SSSR count). The number of amides is 1. The zero-order chi connectivity index (χ0) is 10.4. The van der Waals surface area contributed by atoms with Gasteiger partial charge in [0.05, 0.1) is 5.56 Å². The van der Waals surface area contributed by atoms with Crippen molar-refractivity contribution in [1.29, 1.82) is 0 Å². The second kappa shape index (κ2) is 5.75. The molecule has 1 heterocycles. The Morgan fingerprint density at radius 3 is 3.07 bits per heavy atom. The largest absolute Gasteiger partial charge is 0.352 e. The Labute approximate surface area is 92.1 Å². The highest BCUT2D eigenvalue weighted by Crippen LogP contribution is 1.99. The molecule has 0 saturated heterocycles. The second-order valence-corrected chi connectivity index (χ2v) is 3.86. The van der Waals surface area contributed by atoms with Crippen LogP contribution in [0.2, 0.25) is 0 Å². The molecule has 0 fully saturated rings. The zero-order valence-electron chi connectivity index (χ0n) is 8.03. The number of carbonyl (C=O) groups excluding carboxylic acids is 1. The van der Waals surface area contributed by atoms with Crippen molar-refractivity contribution in [1.82, 2.24) is 10.3 Å². The van der Waals surface area contributed by atoms with E-state index in [0.29, 0.717) is 18.0 Å². The van der Waals surface area contributed by atoms with Crippen molar-refractivity contribution in [2.75, 3.05) is 11.9 Å². The van der Waals surface area contributed by atoms with Gasteiger partial charge in [0.1, 0.15) is 0 Å². The molecule has 3 nitrogen and oxygen atoms in total. The summed E-state index contributed by atoms with van der Waals surface area (Å²) in [6.07, 6.45) is 3.21. The Morgan fingerprint density at radius 1 is 1.71 bits per heavy atom. The summed E-state index contributed by atoms with van der Waals surface area (Å²) in [6.45, 7) is 2.75. The van der Waals surface area contributed by atoms with Crippen molar-refractivity contribution in [3.05, 3.63) is 30.1 Å². The summed E-state index contributed by atoms with van der Waals surface area (Å²) >= 11 is 3.36. The van der Waals surface area contributed by atoms with E-state index in [9.17, 15) is 4.79 Å². The van der Waals surface area contributed by atoms with Gasteiger partial charge in [-0.1, -0.05) is 22.9 Å². The maximum Gasteiger partial charge on any atom is 0.252 e. The van der Waals surface area contributed by atoms with Gasteiger partial charge < -0.3 is 5.32 Å². The summed E-state index contributed by atoms with van der Waals surface area (Å²) in [5, 5.41) is 3.73. The molecule has 1 atom stereocenters. The quantitative estimate of drug-likeness (QED) is 0.836. The highest BCUT2D eigenvalue weighted by atomic mass is 79.9. The van der Waals surface area contributed by atoms with Crippen LogP contribution in [-0.2, 0) is 0 Å². The molecule has 0 radical (unpaired) electrons. The lowest BCUT2D eigenvalue weighted by molar-refractivity contribution is 0.0949. The van der Waals surface area contributed by atoms with Crippen molar-refractivity contribution in [3.8, 4) is 0 Å². The lowest BCUT2D eigenvalue weighted by Gasteiger charge is -2.08. The smallest absolute Gasteiger partial charge is 0.252 e. The Bertz CT molecular complexity index is 289. The number of alkyl halides is 1. The van der Waals surface area contributed by atoms with Crippen LogP contribution in [0.15, 0.2) is 24.5 Å². The van der Waals surface area contributed by atoms with Crippen molar-refractivity contribution in [3.63, 3.8) is 0 Å². The van der Waals surface area contributed by atoms with Gasteiger partial charge in [0.15, 0.2) is 0 Å². The van der Waals surface area contributed by atoms with E-state index in [0.717, 1.165) is 5.33 Å². The summed E-state index contributed by atoms with van der Waals surface area (Å²) in [5.41, 5.74) is 0.606. The van der Waals surface area contributed by atoms with Crippen molar-refractivity contribution in [2.24, 2.45) is 5.92 Å².